The van der Waals surface area contributed by atoms with Crippen molar-refractivity contribution in [1.82, 2.24) is 15.5 Å². The van der Waals surface area contributed by atoms with Crippen LogP contribution in [0.4, 0.5) is 4.79 Å². The van der Waals surface area contributed by atoms with Crippen LogP contribution in [0.3, 0.4) is 0 Å². The topological polar surface area (TPSA) is 87.7 Å². The Morgan fingerprint density at radius 3 is 2.22 bits per heavy atom. The van der Waals surface area contributed by atoms with E-state index in [1.54, 1.807) is 37.4 Å². The Balaban J connectivity index is 3.52. The molecule has 0 heterocycles. The second-order valence-electron chi connectivity index (χ2n) is 10.4. The molecular formula is C28H47N3O4S. The predicted octanol–water partition coefficient (Wildman–Crippen LogP) is 5.61. The van der Waals surface area contributed by atoms with Crippen molar-refractivity contribution in [3.8, 4) is 0 Å². The highest BCUT2D eigenvalue weighted by atomic mass is 32.2. The lowest BCUT2D eigenvalue weighted by molar-refractivity contribution is -0.145. The van der Waals surface area contributed by atoms with Gasteiger partial charge in [-0.2, -0.15) is 11.8 Å². The molecule has 1 rings (SSSR count). The fraction of sp³-hybridized carbons (Fsp3) is 0.679. The quantitative estimate of drug-likeness (QED) is 0.352. The molecule has 8 heteroatoms. The highest BCUT2D eigenvalue weighted by Gasteiger charge is 2.39. The summed E-state index contributed by atoms with van der Waals surface area (Å²) in [6, 6.07) is 5.80. The molecule has 0 aliphatic rings. The molecule has 0 aliphatic carbocycles. The number of hydrogen-bond acceptors (Lipinski definition) is 5. The summed E-state index contributed by atoms with van der Waals surface area (Å²) in [6.45, 7) is 15.3. The summed E-state index contributed by atoms with van der Waals surface area (Å²) in [7, 11) is 0. The summed E-state index contributed by atoms with van der Waals surface area (Å²) in [5.41, 5.74) is 1.03. The van der Waals surface area contributed by atoms with E-state index in [4.69, 9.17) is 4.74 Å². The van der Waals surface area contributed by atoms with Gasteiger partial charge in [0.1, 0.15) is 17.7 Å². The lowest BCUT2D eigenvalue weighted by Crippen LogP contribution is -2.56. The van der Waals surface area contributed by atoms with Gasteiger partial charge in [-0.15, -0.1) is 0 Å². The third-order valence-electron chi connectivity index (χ3n) is 6.04. The second-order valence-corrected chi connectivity index (χ2v) is 11.4. The van der Waals surface area contributed by atoms with Crippen LogP contribution in [0.5, 0.6) is 0 Å². The number of carbonyl (C=O) groups excluding carboxylic acids is 3. The molecule has 1 aromatic carbocycles. The van der Waals surface area contributed by atoms with Gasteiger partial charge in [0.05, 0.1) is 0 Å². The molecule has 0 bridgehead atoms. The fourth-order valence-corrected chi connectivity index (χ4v) is 4.53. The largest absolute Gasteiger partial charge is 0.444 e. The summed E-state index contributed by atoms with van der Waals surface area (Å²) in [5.74, 6) is 0.186. The fourth-order valence-electron chi connectivity index (χ4n) is 4.06. The van der Waals surface area contributed by atoms with E-state index in [0.717, 1.165) is 24.0 Å². The minimum atomic E-state index is -0.815. The van der Waals surface area contributed by atoms with Crippen LogP contribution in [-0.4, -0.2) is 58.5 Å². The number of amides is 3. The molecule has 7 nitrogen and oxygen atoms in total. The molecule has 4 atom stereocenters. The minimum Gasteiger partial charge on any atom is -0.444 e. The van der Waals surface area contributed by atoms with Crippen LogP contribution in [0.2, 0.25) is 0 Å². The van der Waals surface area contributed by atoms with Crippen LogP contribution in [0.1, 0.15) is 91.3 Å². The molecule has 0 spiro atoms. The normalized spacial score (nSPS) is 14.8. The highest BCUT2D eigenvalue weighted by Crippen LogP contribution is 2.29. The minimum absolute atomic E-state index is 0.0184. The number of benzene rings is 1. The highest BCUT2D eigenvalue weighted by molar-refractivity contribution is 7.98. The number of aryl methyl sites for hydroxylation is 1. The Morgan fingerprint density at radius 1 is 1.06 bits per heavy atom. The van der Waals surface area contributed by atoms with Gasteiger partial charge >= 0.3 is 6.09 Å². The number of rotatable bonds is 13. The Morgan fingerprint density at radius 2 is 1.69 bits per heavy atom. The Hall–Kier alpha value is -2.22. The predicted molar refractivity (Wildman–Crippen MR) is 149 cm³/mol. The molecule has 0 saturated heterocycles. The van der Waals surface area contributed by atoms with Crippen molar-refractivity contribution in [3.63, 3.8) is 0 Å². The molecule has 2 N–H and O–H groups in total. The zero-order chi connectivity index (χ0) is 27.5. The van der Waals surface area contributed by atoms with E-state index in [1.165, 1.54) is 0 Å². The van der Waals surface area contributed by atoms with E-state index in [9.17, 15) is 14.4 Å². The van der Waals surface area contributed by atoms with E-state index in [0.29, 0.717) is 18.6 Å². The first-order chi connectivity index (χ1) is 16.9. The van der Waals surface area contributed by atoms with E-state index in [2.05, 4.69) is 17.6 Å². The van der Waals surface area contributed by atoms with Crippen molar-refractivity contribution in [2.24, 2.45) is 0 Å². The van der Waals surface area contributed by atoms with Crippen molar-refractivity contribution in [1.29, 1.82) is 0 Å². The summed E-state index contributed by atoms with van der Waals surface area (Å²) in [5, 5.41) is 5.92. The van der Waals surface area contributed by atoms with Crippen molar-refractivity contribution in [2.75, 3.05) is 12.0 Å². The smallest absolute Gasteiger partial charge is 0.408 e. The van der Waals surface area contributed by atoms with Crippen molar-refractivity contribution >= 4 is 29.7 Å². The monoisotopic (exact) mass is 521 g/mol. The van der Waals surface area contributed by atoms with Crippen LogP contribution in [-0.2, 0) is 14.3 Å². The molecule has 204 valence electrons. The molecule has 1 aromatic rings. The first kappa shape index (κ1) is 31.8. The third kappa shape index (κ3) is 10.0. The summed E-state index contributed by atoms with van der Waals surface area (Å²) < 4.78 is 5.45. The van der Waals surface area contributed by atoms with E-state index in [-0.39, 0.29) is 23.9 Å². The van der Waals surface area contributed by atoms with Crippen molar-refractivity contribution in [2.45, 2.75) is 111 Å². The molecule has 0 aromatic heterocycles. The number of nitrogens with zero attached hydrogens (tertiary/aromatic N) is 1. The summed E-state index contributed by atoms with van der Waals surface area (Å²) >= 11 is 1.60. The van der Waals surface area contributed by atoms with Crippen molar-refractivity contribution < 1.29 is 19.1 Å². The summed E-state index contributed by atoms with van der Waals surface area (Å²) in [6.07, 6.45) is 4.20. The van der Waals surface area contributed by atoms with Gasteiger partial charge in [0.15, 0.2) is 0 Å². The number of hydrogen-bond donors (Lipinski definition) is 2. The molecular weight excluding hydrogens is 474 g/mol. The van der Waals surface area contributed by atoms with Gasteiger partial charge in [-0.3, -0.25) is 9.59 Å². The zero-order valence-electron chi connectivity index (χ0n) is 23.6. The third-order valence-corrected chi connectivity index (χ3v) is 6.68. The van der Waals surface area contributed by atoms with Gasteiger partial charge in [-0.1, -0.05) is 44.5 Å². The SMILES string of the molecule is CCCC(C)NC(=O)C(c1ccccc1C)N(C(=O)C(CCSC)NC(=O)OC(C)(C)C)C(C)CC. The number of carbonyl (C=O) groups is 3. The molecule has 0 aliphatic heterocycles. The number of ether oxygens (including phenoxy) is 1. The van der Waals surface area contributed by atoms with Crippen LogP contribution in [0.15, 0.2) is 24.3 Å². The van der Waals surface area contributed by atoms with Crippen LogP contribution in [0, 0.1) is 6.92 Å². The molecule has 0 radical (unpaired) electrons. The lowest BCUT2D eigenvalue weighted by atomic mass is 9.95. The Labute approximate surface area is 222 Å². The standard InChI is InChI=1S/C28H47N3O4S/c1-10-14-20(4)29-25(32)24(22-16-13-12-15-19(22)3)31(21(5)11-2)26(33)23(17-18-36-9)30-27(34)35-28(6,7)8/h12-13,15-16,20-21,23-24H,10-11,14,17-18H2,1-9H3,(H,29,32)(H,30,34). The Kier molecular flexibility index (Phi) is 13.4. The van der Waals surface area contributed by atoms with E-state index >= 15 is 0 Å². The van der Waals surface area contributed by atoms with E-state index < -0.39 is 23.8 Å². The first-order valence-corrected chi connectivity index (χ1v) is 14.4. The molecule has 3 amide bonds. The maximum absolute atomic E-state index is 14.2. The van der Waals surface area contributed by atoms with E-state index in [1.807, 2.05) is 58.2 Å². The second kappa shape index (κ2) is 15.1. The average Bonchev–Trinajstić information content (AvgIpc) is 2.78. The van der Waals surface area contributed by atoms with Gasteiger partial charge in [0.25, 0.3) is 0 Å². The molecule has 0 fully saturated rings. The van der Waals surface area contributed by atoms with Crippen LogP contribution < -0.4 is 10.6 Å². The molecule has 36 heavy (non-hydrogen) atoms. The number of alkyl carbamates (subject to hydrolysis) is 1. The van der Waals surface area contributed by atoms with Crippen molar-refractivity contribution in [3.05, 3.63) is 35.4 Å². The maximum atomic E-state index is 14.2. The zero-order valence-corrected chi connectivity index (χ0v) is 24.5. The number of thioether (sulfide) groups is 1. The van der Waals surface area contributed by atoms with Gasteiger partial charge in [-0.25, -0.2) is 4.79 Å². The first-order valence-electron chi connectivity index (χ1n) is 13.0. The maximum Gasteiger partial charge on any atom is 0.408 e. The van der Waals surface area contributed by atoms with Crippen LogP contribution >= 0.6 is 11.8 Å². The van der Waals surface area contributed by atoms with Gasteiger partial charge < -0.3 is 20.3 Å². The summed E-state index contributed by atoms with van der Waals surface area (Å²) in [4.78, 5) is 42.3. The average molecular weight is 522 g/mol. The lowest BCUT2D eigenvalue weighted by Gasteiger charge is -2.39. The van der Waals surface area contributed by atoms with Gasteiger partial charge in [0, 0.05) is 12.1 Å². The van der Waals surface area contributed by atoms with Crippen LogP contribution in [0.25, 0.3) is 0 Å². The molecule has 0 saturated carbocycles. The van der Waals surface area contributed by atoms with Gasteiger partial charge in [0.2, 0.25) is 11.8 Å². The Bertz CT molecular complexity index is 855. The van der Waals surface area contributed by atoms with Gasteiger partial charge in [-0.05, 0) is 83.9 Å². The number of nitrogens with one attached hydrogen (secondary N) is 2. The molecule has 4 unspecified atom stereocenters.